The molecule has 1 saturated heterocycles. The van der Waals surface area contributed by atoms with Crippen molar-refractivity contribution in [3.8, 4) is 0 Å². The van der Waals surface area contributed by atoms with Crippen LogP contribution in [-0.4, -0.2) is 32.5 Å². The van der Waals surface area contributed by atoms with Crippen LogP contribution in [0.15, 0.2) is 22.7 Å². The van der Waals surface area contributed by atoms with Crippen LogP contribution in [0.4, 0.5) is 4.39 Å². The molecule has 0 spiro atoms. The van der Waals surface area contributed by atoms with Gasteiger partial charge in [0.25, 0.3) is 5.91 Å². The number of aryl methyl sites for hydroxylation is 1. The van der Waals surface area contributed by atoms with Crippen molar-refractivity contribution in [3.63, 3.8) is 0 Å². The average molecular weight is 368 g/mol. The van der Waals surface area contributed by atoms with Gasteiger partial charge in [0.2, 0.25) is 0 Å². The third-order valence-electron chi connectivity index (χ3n) is 5.69. The van der Waals surface area contributed by atoms with Gasteiger partial charge in [0.1, 0.15) is 17.4 Å². The summed E-state index contributed by atoms with van der Waals surface area (Å²) in [6, 6.07) is 4.35. The fraction of sp³-hybridized carbons (Fsp3) is 0.450. The van der Waals surface area contributed by atoms with Crippen LogP contribution in [0, 0.1) is 5.82 Å². The Morgan fingerprint density at radius 3 is 3.04 bits per heavy atom. The molecule has 0 radical (unpaired) electrons. The number of rotatable bonds is 2. The van der Waals surface area contributed by atoms with Gasteiger partial charge in [0, 0.05) is 18.5 Å². The summed E-state index contributed by atoms with van der Waals surface area (Å²) >= 11 is 0. The molecule has 5 rings (SSSR count). The van der Waals surface area contributed by atoms with Crippen molar-refractivity contribution in [3.05, 3.63) is 46.9 Å². The van der Waals surface area contributed by atoms with Gasteiger partial charge >= 0.3 is 0 Å². The van der Waals surface area contributed by atoms with Crippen molar-refractivity contribution >= 4 is 16.9 Å². The van der Waals surface area contributed by atoms with Gasteiger partial charge in [0.05, 0.1) is 17.1 Å². The molecule has 0 saturated carbocycles. The number of hydrogen-bond acceptors (Lipinski definition) is 4. The highest BCUT2D eigenvalue weighted by Gasteiger charge is 2.34. The first kappa shape index (κ1) is 16.5. The molecule has 1 aliphatic heterocycles. The zero-order valence-corrected chi connectivity index (χ0v) is 15.0. The molecule has 6 nitrogen and oxygen atoms in total. The van der Waals surface area contributed by atoms with Crippen molar-refractivity contribution < 1.29 is 13.7 Å². The largest absolute Gasteiger partial charge is 0.360 e. The summed E-state index contributed by atoms with van der Waals surface area (Å²) in [5.74, 6) is 1.18. The van der Waals surface area contributed by atoms with Gasteiger partial charge in [-0.3, -0.25) is 4.79 Å². The van der Waals surface area contributed by atoms with Gasteiger partial charge in [0.15, 0.2) is 5.69 Å². The first-order valence-corrected chi connectivity index (χ1v) is 9.64. The fourth-order valence-corrected chi connectivity index (χ4v) is 4.31. The predicted molar refractivity (Wildman–Crippen MR) is 96.8 cm³/mol. The minimum atomic E-state index is -0.302. The Labute approximate surface area is 155 Å². The average Bonchev–Trinajstić information content (AvgIpc) is 3.31. The van der Waals surface area contributed by atoms with Crippen molar-refractivity contribution in [1.82, 2.24) is 20.0 Å². The smallest absolute Gasteiger partial charge is 0.276 e. The molecule has 0 bridgehead atoms. The number of fused-ring (bicyclic) bond motifs is 2. The number of nitrogens with zero attached hydrogens (tertiary/aromatic N) is 3. The number of nitrogens with one attached hydrogen (secondary N) is 1. The number of amides is 1. The van der Waals surface area contributed by atoms with E-state index in [0.717, 1.165) is 56.3 Å². The molecule has 1 aliphatic carbocycles. The van der Waals surface area contributed by atoms with Gasteiger partial charge < -0.3 is 14.4 Å². The summed E-state index contributed by atoms with van der Waals surface area (Å²) < 4.78 is 18.9. The highest BCUT2D eigenvalue weighted by molar-refractivity contribution is 5.94. The summed E-state index contributed by atoms with van der Waals surface area (Å²) in [6.45, 7) is 0.663. The molecule has 1 N–H and O–H groups in total. The Balaban J connectivity index is 1.49. The maximum Gasteiger partial charge on any atom is 0.276 e. The number of hydrogen-bond donors (Lipinski definition) is 1. The summed E-state index contributed by atoms with van der Waals surface area (Å²) in [5.41, 5.74) is 2.80. The van der Waals surface area contributed by atoms with Crippen LogP contribution in [-0.2, 0) is 12.8 Å². The summed E-state index contributed by atoms with van der Waals surface area (Å²) in [4.78, 5) is 23.0. The molecule has 3 heterocycles. The number of carbonyl (C=O) groups is 1. The maximum absolute atomic E-state index is 13.5. The van der Waals surface area contributed by atoms with E-state index in [1.165, 1.54) is 12.1 Å². The molecule has 0 unspecified atom stereocenters. The number of aromatic amines is 1. The Kier molecular flexibility index (Phi) is 3.95. The van der Waals surface area contributed by atoms with E-state index in [0.29, 0.717) is 29.1 Å². The monoisotopic (exact) mass is 368 g/mol. The number of halogens is 1. The summed E-state index contributed by atoms with van der Waals surface area (Å²) in [7, 11) is 0. The second kappa shape index (κ2) is 6.48. The van der Waals surface area contributed by atoms with E-state index < -0.39 is 0 Å². The van der Waals surface area contributed by atoms with Crippen LogP contribution < -0.4 is 0 Å². The number of carbonyl (C=O) groups excluding carboxylic acids is 1. The summed E-state index contributed by atoms with van der Waals surface area (Å²) in [6.07, 6.45) is 6.66. The molecule has 1 amide bonds. The topological polar surface area (TPSA) is 75.0 Å². The van der Waals surface area contributed by atoms with Crippen molar-refractivity contribution in [1.29, 1.82) is 0 Å². The van der Waals surface area contributed by atoms with Crippen LogP contribution in [0.25, 0.3) is 11.0 Å². The Hall–Kier alpha value is -2.70. The van der Waals surface area contributed by atoms with E-state index in [2.05, 4.69) is 15.1 Å². The minimum absolute atomic E-state index is 0.0850. The highest BCUT2D eigenvalue weighted by Crippen LogP contribution is 2.33. The molecular weight excluding hydrogens is 347 g/mol. The first-order chi connectivity index (χ1) is 13.2. The van der Waals surface area contributed by atoms with Crippen LogP contribution in [0.5, 0.6) is 0 Å². The van der Waals surface area contributed by atoms with Crippen LogP contribution in [0.3, 0.4) is 0 Å². The Bertz CT molecular complexity index is 1010. The molecule has 7 heteroatoms. The minimum Gasteiger partial charge on any atom is -0.360 e. The molecular formula is C20H21FN4O2. The zero-order valence-electron chi connectivity index (χ0n) is 15.0. The second-order valence-corrected chi connectivity index (χ2v) is 7.43. The van der Waals surface area contributed by atoms with Gasteiger partial charge in [-0.05, 0) is 56.7 Å². The number of likely N-dealkylation sites (tertiary alicyclic amines) is 1. The lowest BCUT2D eigenvalue weighted by Gasteiger charge is -2.34. The molecule has 3 aromatic rings. The van der Waals surface area contributed by atoms with Gasteiger partial charge in [-0.1, -0.05) is 5.16 Å². The third-order valence-corrected chi connectivity index (χ3v) is 5.69. The van der Waals surface area contributed by atoms with E-state index >= 15 is 0 Å². The van der Waals surface area contributed by atoms with Gasteiger partial charge in [-0.15, -0.1) is 0 Å². The molecule has 1 atom stereocenters. The second-order valence-electron chi connectivity index (χ2n) is 7.43. The van der Waals surface area contributed by atoms with Crippen LogP contribution in [0.2, 0.25) is 0 Å². The van der Waals surface area contributed by atoms with E-state index in [9.17, 15) is 9.18 Å². The van der Waals surface area contributed by atoms with Crippen molar-refractivity contribution in [2.45, 2.75) is 51.0 Å². The molecule has 1 aromatic carbocycles. The quantitative estimate of drug-likeness (QED) is 0.743. The number of H-pyrrole nitrogens is 1. The summed E-state index contributed by atoms with van der Waals surface area (Å²) in [5, 5.41) is 4.11. The third kappa shape index (κ3) is 2.81. The van der Waals surface area contributed by atoms with Crippen molar-refractivity contribution in [2.75, 3.05) is 6.54 Å². The van der Waals surface area contributed by atoms with E-state index in [-0.39, 0.29) is 17.8 Å². The van der Waals surface area contributed by atoms with E-state index in [4.69, 9.17) is 4.52 Å². The first-order valence-electron chi connectivity index (χ1n) is 9.64. The molecule has 1 fully saturated rings. The van der Waals surface area contributed by atoms with Gasteiger partial charge in [-0.2, -0.15) is 0 Å². The SMILES string of the molecule is O=C(c1noc2c1CCCC2)N1CCCC[C@H]1c1nc2ccc(F)cc2[nH]1. The maximum atomic E-state index is 13.5. The molecule has 2 aliphatic rings. The highest BCUT2D eigenvalue weighted by atomic mass is 19.1. The Morgan fingerprint density at radius 2 is 2.11 bits per heavy atom. The number of aromatic nitrogens is 3. The fourth-order valence-electron chi connectivity index (χ4n) is 4.31. The number of imidazole rings is 1. The Morgan fingerprint density at radius 1 is 1.22 bits per heavy atom. The predicted octanol–water partition coefficient (Wildman–Crippen LogP) is 3.94. The van der Waals surface area contributed by atoms with Crippen LogP contribution in [0.1, 0.15) is 65.8 Å². The lowest BCUT2D eigenvalue weighted by atomic mass is 9.95. The van der Waals surface area contributed by atoms with E-state index in [1.54, 1.807) is 6.07 Å². The molecule has 2 aromatic heterocycles. The number of benzene rings is 1. The van der Waals surface area contributed by atoms with Gasteiger partial charge in [-0.25, -0.2) is 9.37 Å². The standard InChI is InChI=1S/C20H21FN4O2/c21-12-8-9-14-15(11-12)23-19(22-14)16-6-3-4-10-25(16)20(26)18-13-5-1-2-7-17(13)27-24-18/h8-9,11,16H,1-7,10H2,(H,22,23)/t16-/m0/s1. The normalized spacial score (nSPS) is 20.0. The molecule has 140 valence electrons. The zero-order chi connectivity index (χ0) is 18.4. The van der Waals surface area contributed by atoms with Crippen molar-refractivity contribution in [2.24, 2.45) is 0 Å². The van der Waals surface area contributed by atoms with E-state index in [1.807, 2.05) is 4.90 Å². The molecule has 27 heavy (non-hydrogen) atoms. The lowest BCUT2D eigenvalue weighted by Crippen LogP contribution is -2.39. The van der Waals surface area contributed by atoms with Crippen LogP contribution >= 0.6 is 0 Å². The number of piperidine rings is 1. The lowest BCUT2D eigenvalue weighted by molar-refractivity contribution is 0.0589.